The molecule has 0 aliphatic carbocycles. The van der Waals surface area contributed by atoms with E-state index < -0.39 is 6.36 Å². The van der Waals surface area contributed by atoms with Crippen LogP contribution in [-0.4, -0.2) is 16.1 Å². The number of nitrogens with zero attached hydrogens (tertiary/aromatic N) is 2. The average molecular weight is 245 g/mol. The number of alkyl halides is 3. The zero-order valence-corrected chi connectivity index (χ0v) is 7.48. The fraction of sp³-hybridized carbons (Fsp3) is 0.400. The summed E-state index contributed by atoms with van der Waals surface area (Å²) in [6.07, 6.45) is -3.46. The lowest BCUT2D eigenvalue weighted by Gasteiger charge is -2.08. The highest BCUT2D eigenvalue weighted by Crippen LogP contribution is 2.28. The standard InChI is InChI=1S/C5H4BrF3N2O/c1-11-4(3(6)2-10-11)12-5(7,8)9/h2H,1H3. The zero-order chi connectivity index (χ0) is 9.35. The van der Waals surface area contributed by atoms with Crippen molar-refractivity contribution in [2.75, 3.05) is 0 Å². The summed E-state index contributed by atoms with van der Waals surface area (Å²) in [5.74, 6) is -0.359. The molecule has 0 radical (unpaired) electrons. The third kappa shape index (κ3) is 2.13. The van der Waals surface area contributed by atoms with E-state index in [1.165, 1.54) is 13.2 Å². The highest BCUT2D eigenvalue weighted by molar-refractivity contribution is 9.10. The number of rotatable bonds is 1. The molecule has 0 amide bonds. The summed E-state index contributed by atoms with van der Waals surface area (Å²) in [4.78, 5) is 0. The number of hydrogen-bond donors (Lipinski definition) is 0. The van der Waals surface area contributed by atoms with Gasteiger partial charge in [0.1, 0.15) is 0 Å². The molecule has 0 aliphatic heterocycles. The Balaban J connectivity index is 2.88. The van der Waals surface area contributed by atoms with Crippen molar-refractivity contribution in [3.63, 3.8) is 0 Å². The molecular formula is C5H4BrF3N2O. The number of halogens is 4. The molecule has 68 valence electrons. The predicted molar refractivity (Wildman–Crippen MR) is 37.6 cm³/mol. The van der Waals surface area contributed by atoms with E-state index >= 15 is 0 Å². The van der Waals surface area contributed by atoms with Crippen LogP contribution in [0.3, 0.4) is 0 Å². The predicted octanol–water partition coefficient (Wildman–Crippen LogP) is 2.08. The van der Waals surface area contributed by atoms with Crippen molar-refractivity contribution in [3.05, 3.63) is 10.7 Å². The van der Waals surface area contributed by atoms with Crippen LogP contribution in [0.15, 0.2) is 10.7 Å². The van der Waals surface area contributed by atoms with E-state index in [0.717, 1.165) is 4.68 Å². The second-order valence-corrected chi connectivity index (χ2v) is 2.82. The molecule has 1 aromatic heterocycles. The summed E-state index contributed by atoms with van der Waals surface area (Å²) < 4.78 is 39.9. The Morgan fingerprint density at radius 3 is 2.50 bits per heavy atom. The van der Waals surface area contributed by atoms with Crippen molar-refractivity contribution >= 4 is 15.9 Å². The summed E-state index contributed by atoms with van der Waals surface area (Å²) in [5, 5.41) is 3.55. The Hall–Kier alpha value is -0.720. The van der Waals surface area contributed by atoms with Crippen molar-refractivity contribution in [3.8, 4) is 5.88 Å². The Morgan fingerprint density at radius 1 is 1.58 bits per heavy atom. The number of ether oxygens (including phenoxy) is 1. The maximum Gasteiger partial charge on any atom is 0.574 e. The minimum absolute atomic E-state index is 0.169. The van der Waals surface area contributed by atoms with Gasteiger partial charge in [-0.2, -0.15) is 5.10 Å². The van der Waals surface area contributed by atoms with Gasteiger partial charge in [-0.15, -0.1) is 13.2 Å². The molecule has 0 fully saturated rings. The van der Waals surface area contributed by atoms with Gasteiger partial charge in [-0.3, -0.25) is 0 Å². The van der Waals surface area contributed by atoms with Crippen LogP contribution in [0.2, 0.25) is 0 Å². The lowest BCUT2D eigenvalue weighted by atomic mass is 10.7. The molecule has 7 heteroatoms. The fourth-order valence-corrected chi connectivity index (χ4v) is 1.05. The van der Waals surface area contributed by atoms with Gasteiger partial charge < -0.3 is 4.74 Å². The lowest BCUT2D eigenvalue weighted by molar-refractivity contribution is -0.277. The molecule has 0 atom stereocenters. The topological polar surface area (TPSA) is 27.1 Å². The maximum absolute atomic E-state index is 11.7. The lowest BCUT2D eigenvalue weighted by Crippen LogP contribution is -2.19. The average Bonchev–Trinajstić information content (AvgIpc) is 2.16. The van der Waals surface area contributed by atoms with Gasteiger partial charge in [-0.25, -0.2) is 4.68 Å². The highest BCUT2D eigenvalue weighted by atomic mass is 79.9. The first-order valence-corrected chi connectivity index (χ1v) is 3.62. The molecule has 0 bridgehead atoms. The van der Waals surface area contributed by atoms with Gasteiger partial charge in [0.15, 0.2) is 0 Å². The monoisotopic (exact) mass is 244 g/mol. The second-order valence-electron chi connectivity index (χ2n) is 1.97. The largest absolute Gasteiger partial charge is 0.574 e. The van der Waals surface area contributed by atoms with E-state index in [4.69, 9.17) is 0 Å². The smallest absolute Gasteiger partial charge is 0.387 e. The molecule has 1 rings (SSSR count). The van der Waals surface area contributed by atoms with Crippen LogP contribution in [-0.2, 0) is 7.05 Å². The normalized spacial score (nSPS) is 11.8. The molecule has 1 aromatic rings. The van der Waals surface area contributed by atoms with Gasteiger partial charge >= 0.3 is 6.36 Å². The van der Waals surface area contributed by atoms with E-state index in [1.807, 2.05) is 0 Å². The van der Waals surface area contributed by atoms with E-state index in [2.05, 4.69) is 25.8 Å². The summed E-state index contributed by atoms with van der Waals surface area (Å²) in [7, 11) is 1.35. The molecule has 0 N–H and O–H groups in total. The summed E-state index contributed by atoms with van der Waals surface area (Å²) >= 11 is 2.86. The molecule has 1 heterocycles. The third-order valence-electron chi connectivity index (χ3n) is 1.05. The molecule has 0 saturated carbocycles. The van der Waals surface area contributed by atoms with E-state index in [9.17, 15) is 13.2 Å². The van der Waals surface area contributed by atoms with E-state index in [0.29, 0.717) is 0 Å². The Labute approximate surface area is 74.2 Å². The number of aryl methyl sites for hydroxylation is 1. The van der Waals surface area contributed by atoms with Crippen LogP contribution in [0.4, 0.5) is 13.2 Å². The SMILES string of the molecule is Cn1ncc(Br)c1OC(F)(F)F. The van der Waals surface area contributed by atoms with Crippen LogP contribution in [0.5, 0.6) is 5.88 Å². The molecule has 0 aliphatic rings. The first kappa shape index (κ1) is 9.37. The van der Waals surface area contributed by atoms with Gasteiger partial charge in [0, 0.05) is 7.05 Å². The van der Waals surface area contributed by atoms with E-state index in [-0.39, 0.29) is 10.4 Å². The van der Waals surface area contributed by atoms with Crippen LogP contribution >= 0.6 is 15.9 Å². The second kappa shape index (κ2) is 2.96. The Morgan fingerprint density at radius 2 is 2.17 bits per heavy atom. The molecule has 0 saturated heterocycles. The van der Waals surface area contributed by atoms with Gasteiger partial charge in [-0.05, 0) is 15.9 Å². The van der Waals surface area contributed by atoms with Gasteiger partial charge in [0.25, 0.3) is 0 Å². The van der Waals surface area contributed by atoms with E-state index in [1.54, 1.807) is 0 Å². The molecule has 0 aromatic carbocycles. The summed E-state index contributed by atoms with van der Waals surface area (Å²) in [5.41, 5.74) is 0. The van der Waals surface area contributed by atoms with Crippen molar-refractivity contribution in [1.82, 2.24) is 9.78 Å². The van der Waals surface area contributed by atoms with Crippen molar-refractivity contribution < 1.29 is 17.9 Å². The van der Waals surface area contributed by atoms with Crippen LogP contribution < -0.4 is 4.74 Å². The number of hydrogen-bond acceptors (Lipinski definition) is 2. The maximum atomic E-state index is 11.7. The van der Waals surface area contributed by atoms with Crippen molar-refractivity contribution in [2.24, 2.45) is 7.05 Å². The molecular weight excluding hydrogens is 241 g/mol. The third-order valence-corrected chi connectivity index (χ3v) is 1.60. The van der Waals surface area contributed by atoms with Crippen LogP contribution in [0.1, 0.15) is 0 Å². The minimum atomic E-state index is -4.68. The Bertz CT molecular complexity index is 263. The minimum Gasteiger partial charge on any atom is -0.387 e. The van der Waals surface area contributed by atoms with Crippen molar-refractivity contribution in [1.29, 1.82) is 0 Å². The quantitative estimate of drug-likeness (QED) is 0.757. The molecule has 3 nitrogen and oxygen atoms in total. The van der Waals surface area contributed by atoms with Gasteiger partial charge in [-0.1, -0.05) is 0 Å². The fourth-order valence-electron chi connectivity index (χ4n) is 0.624. The Kier molecular flexibility index (Phi) is 2.31. The molecule has 0 unspecified atom stereocenters. The molecule has 0 spiro atoms. The van der Waals surface area contributed by atoms with Crippen molar-refractivity contribution in [2.45, 2.75) is 6.36 Å². The van der Waals surface area contributed by atoms with Gasteiger partial charge in [0.2, 0.25) is 5.88 Å². The molecule has 12 heavy (non-hydrogen) atoms. The van der Waals surface area contributed by atoms with Crippen LogP contribution in [0.25, 0.3) is 0 Å². The summed E-state index contributed by atoms with van der Waals surface area (Å²) in [6.45, 7) is 0. The number of aromatic nitrogens is 2. The zero-order valence-electron chi connectivity index (χ0n) is 5.89. The first-order valence-electron chi connectivity index (χ1n) is 2.83. The first-order chi connectivity index (χ1) is 5.40. The van der Waals surface area contributed by atoms with Gasteiger partial charge in [0.05, 0.1) is 10.7 Å². The summed E-state index contributed by atoms with van der Waals surface area (Å²) in [6, 6.07) is 0. The highest BCUT2D eigenvalue weighted by Gasteiger charge is 2.33. The van der Waals surface area contributed by atoms with Crippen LogP contribution in [0, 0.1) is 0 Å².